The summed E-state index contributed by atoms with van der Waals surface area (Å²) in [6.07, 6.45) is 3.79. The van der Waals surface area contributed by atoms with E-state index in [1.54, 1.807) is 0 Å². The maximum atomic E-state index is 13.1. The van der Waals surface area contributed by atoms with Gasteiger partial charge in [0.25, 0.3) is 0 Å². The summed E-state index contributed by atoms with van der Waals surface area (Å²) in [5, 5.41) is 3.37. The summed E-state index contributed by atoms with van der Waals surface area (Å²) in [5.74, 6) is -0.296. The number of nitrogens with one attached hydrogen (secondary N) is 1. The number of nitrogens with two attached hydrogens (primary N) is 1. The number of carbonyl (C=O) groups excluding carboxylic acids is 2. The lowest BCUT2D eigenvalue weighted by Gasteiger charge is -2.34. The number of nitrogens with zero attached hydrogens (tertiary/aromatic N) is 1. The fraction of sp³-hybridized carbons (Fsp3) is 0.556. The van der Waals surface area contributed by atoms with E-state index in [0.717, 1.165) is 43.6 Å². The minimum Gasteiger partial charge on any atom is -0.369 e. The molecule has 0 bridgehead atoms. The number of halogens is 1. The smallest absolute Gasteiger partial charge is 0.230 e. The van der Waals surface area contributed by atoms with E-state index in [4.69, 9.17) is 5.73 Å². The Kier molecular flexibility index (Phi) is 4.58. The fourth-order valence-electron chi connectivity index (χ4n) is 4.36. The highest BCUT2D eigenvalue weighted by atomic mass is 35.5. The largest absolute Gasteiger partial charge is 0.369 e. The first-order chi connectivity index (χ1) is 11.1. The van der Waals surface area contributed by atoms with Gasteiger partial charge in [0.05, 0.1) is 5.92 Å². The lowest BCUT2D eigenvalue weighted by Crippen LogP contribution is -2.46. The molecule has 130 valence electrons. The summed E-state index contributed by atoms with van der Waals surface area (Å²) < 4.78 is 0. The SMILES string of the molecule is Cl.NC(=O)C1Cc2ccccc2N(C(=O)C2CC23CCNCC3)C1. The molecular weight excluding hydrogens is 326 g/mol. The van der Waals surface area contributed by atoms with Crippen molar-refractivity contribution in [3.8, 4) is 0 Å². The van der Waals surface area contributed by atoms with Crippen LogP contribution >= 0.6 is 12.4 Å². The molecule has 1 aromatic rings. The second-order valence-electron chi connectivity index (χ2n) is 7.25. The fourth-order valence-corrected chi connectivity index (χ4v) is 4.36. The van der Waals surface area contributed by atoms with E-state index in [9.17, 15) is 9.59 Å². The molecule has 3 N–H and O–H groups in total. The second kappa shape index (κ2) is 6.37. The number of hydrogen-bond donors (Lipinski definition) is 2. The summed E-state index contributed by atoms with van der Waals surface area (Å²) in [7, 11) is 0. The lowest BCUT2D eigenvalue weighted by molar-refractivity contribution is -0.123. The Bertz CT molecular complexity index is 657. The van der Waals surface area contributed by atoms with Crippen LogP contribution in [-0.2, 0) is 16.0 Å². The normalized spacial score (nSPS) is 27.1. The van der Waals surface area contributed by atoms with Gasteiger partial charge >= 0.3 is 0 Å². The molecule has 6 heteroatoms. The third-order valence-corrected chi connectivity index (χ3v) is 5.91. The molecule has 1 aromatic carbocycles. The van der Waals surface area contributed by atoms with E-state index in [1.807, 2.05) is 29.2 Å². The highest BCUT2D eigenvalue weighted by Gasteiger charge is 2.59. The van der Waals surface area contributed by atoms with Gasteiger partial charge in [-0.1, -0.05) is 18.2 Å². The first kappa shape index (κ1) is 17.2. The first-order valence-electron chi connectivity index (χ1n) is 8.50. The number of primary amides is 1. The van der Waals surface area contributed by atoms with Gasteiger partial charge in [-0.2, -0.15) is 0 Å². The summed E-state index contributed by atoms with van der Waals surface area (Å²) in [6.45, 7) is 2.44. The summed E-state index contributed by atoms with van der Waals surface area (Å²) in [4.78, 5) is 26.6. The van der Waals surface area contributed by atoms with Crippen molar-refractivity contribution in [3.05, 3.63) is 29.8 Å². The van der Waals surface area contributed by atoms with Crippen molar-refractivity contribution in [2.45, 2.75) is 25.7 Å². The summed E-state index contributed by atoms with van der Waals surface area (Å²) in [6, 6.07) is 7.90. The number of piperidine rings is 1. The average molecular weight is 350 g/mol. The van der Waals surface area contributed by atoms with Crippen molar-refractivity contribution < 1.29 is 9.59 Å². The third-order valence-electron chi connectivity index (χ3n) is 5.91. The minimum atomic E-state index is -0.315. The topological polar surface area (TPSA) is 75.4 Å². The predicted molar refractivity (Wildman–Crippen MR) is 95.1 cm³/mol. The van der Waals surface area contributed by atoms with Crippen molar-refractivity contribution in [2.75, 3.05) is 24.5 Å². The van der Waals surface area contributed by atoms with Crippen LogP contribution in [0.15, 0.2) is 24.3 Å². The third kappa shape index (κ3) is 2.80. The molecule has 4 rings (SSSR count). The van der Waals surface area contributed by atoms with E-state index >= 15 is 0 Å². The molecular formula is C18H24ClN3O2. The average Bonchev–Trinajstić information content (AvgIpc) is 3.26. The van der Waals surface area contributed by atoms with Crippen molar-refractivity contribution in [1.29, 1.82) is 0 Å². The van der Waals surface area contributed by atoms with Gasteiger partial charge in [-0.05, 0) is 55.8 Å². The van der Waals surface area contributed by atoms with E-state index < -0.39 is 0 Å². The van der Waals surface area contributed by atoms with Gasteiger partial charge in [-0.3, -0.25) is 9.59 Å². The van der Waals surface area contributed by atoms with Gasteiger partial charge in [-0.25, -0.2) is 0 Å². The van der Waals surface area contributed by atoms with Crippen molar-refractivity contribution >= 4 is 29.9 Å². The number of anilines is 1. The molecule has 2 atom stereocenters. The zero-order valence-corrected chi connectivity index (χ0v) is 14.5. The van der Waals surface area contributed by atoms with Crippen molar-refractivity contribution in [2.24, 2.45) is 23.0 Å². The molecule has 2 heterocycles. The summed E-state index contributed by atoms with van der Waals surface area (Å²) >= 11 is 0. The number of rotatable bonds is 2. The molecule has 2 fully saturated rings. The Labute approximate surface area is 148 Å². The lowest BCUT2D eigenvalue weighted by atomic mass is 9.89. The molecule has 2 amide bonds. The quantitative estimate of drug-likeness (QED) is 0.849. The number of benzene rings is 1. The molecule has 1 spiro atoms. The zero-order chi connectivity index (χ0) is 16.0. The van der Waals surface area contributed by atoms with Gasteiger partial charge in [0.15, 0.2) is 0 Å². The number of hydrogen-bond acceptors (Lipinski definition) is 3. The van der Waals surface area contributed by atoms with E-state index in [1.165, 1.54) is 0 Å². The Morgan fingerprint density at radius 2 is 1.92 bits per heavy atom. The van der Waals surface area contributed by atoms with Gasteiger partial charge in [0.1, 0.15) is 0 Å². The molecule has 24 heavy (non-hydrogen) atoms. The van der Waals surface area contributed by atoms with E-state index in [0.29, 0.717) is 13.0 Å². The second-order valence-corrected chi connectivity index (χ2v) is 7.25. The van der Waals surface area contributed by atoms with Crippen LogP contribution in [0.25, 0.3) is 0 Å². The highest BCUT2D eigenvalue weighted by Crippen LogP contribution is 2.59. The number of carbonyl (C=O) groups is 2. The van der Waals surface area contributed by atoms with Gasteiger partial charge in [-0.15, -0.1) is 12.4 Å². The predicted octanol–water partition coefficient (Wildman–Crippen LogP) is 1.49. The van der Waals surface area contributed by atoms with E-state index in [2.05, 4.69) is 5.32 Å². The molecule has 1 saturated heterocycles. The Hall–Kier alpha value is -1.59. The monoisotopic (exact) mass is 349 g/mol. The Morgan fingerprint density at radius 1 is 1.21 bits per heavy atom. The molecule has 2 unspecified atom stereocenters. The highest BCUT2D eigenvalue weighted by molar-refractivity contribution is 5.99. The van der Waals surface area contributed by atoms with Crippen LogP contribution in [0.2, 0.25) is 0 Å². The number of fused-ring (bicyclic) bond motifs is 1. The number of para-hydroxylation sites is 1. The van der Waals surface area contributed by atoms with E-state index in [-0.39, 0.29) is 41.5 Å². The van der Waals surface area contributed by atoms with Crippen LogP contribution < -0.4 is 16.0 Å². The van der Waals surface area contributed by atoms with Gasteiger partial charge < -0.3 is 16.0 Å². The maximum Gasteiger partial charge on any atom is 0.230 e. The van der Waals surface area contributed by atoms with Crippen LogP contribution in [0, 0.1) is 17.3 Å². The molecule has 0 aromatic heterocycles. The van der Waals surface area contributed by atoms with Crippen LogP contribution in [0.4, 0.5) is 5.69 Å². The van der Waals surface area contributed by atoms with Crippen LogP contribution in [0.3, 0.4) is 0 Å². The van der Waals surface area contributed by atoms with Crippen LogP contribution in [0.1, 0.15) is 24.8 Å². The summed E-state index contributed by atoms with van der Waals surface area (Å²) in [5.41, 5.74) is 7.75. The maximum absolute atomic E-state index is 13.1. The van der Waals surface area contributed by atoms with Crippen LogP contribution in [-0.4, -0.2) is 31.4 Å². The standard InChI is InChI=1S/C18H23N3O2.ClH/c19-16(22)13-9-12-3-1-2-4-15(12)21(11-13)17(23)14-10-18(14)5-7-20-8-6-18;/h1-4,13-14,20H,5-11H2,(H2,19,22);1H. The van der Waals surface area contributed by atoms with Crippen LogP contribution in [0.5, 0.6) is 0 Å². The molecule has 1 saturated carbocycles. The van der Waals surface area contributed by atoms with Crippen molar-refractivity contribution in [3.63, 3.8) is 0 Å². The minimum absolute atomic E-state index is 0. The van der Waals surface area contributed by atoms with Gasteiger partial charge in [0, 0.05) is 18.2 Å². The molecule has 5 nitrogen and oxygen atoms in total. The Morgan fingerprint density at radius 3 is 2.62 bits per heavy atom. The number of amides is 2. The molecule has 1 aliphatic carbocycles. The zero-order valence-electron chi connectivity index (χ0n) is 13.7. The Balaban J connectivity index is 0.00000169. The first-order valence-corrected chi connectivity index (χ1v) is 8.50. The molecule has 0 radical (unpaired) electrons. The molecule has 3 aliphatic rings. The molecule has 2 aliphatic heterocycles. The van der Waals surface area contributed by atoms with Gasteiger partial charge in [0.2, 0.25) is 11.8 Å². The van der Waals surface area contributed by atoms with Crippen molar-refractivity contribution in [1.82, 2.24) is 5.32 Å².